The molecule has 12 nitrogen and oxygen atoms in total. The van der Waals surface area contributed by atoms with Crippen molar-refractivity contribution in [1.82, 2.24) is 9.80 Å². The van der Waals surface area contributed by atoms with E-state index in [1.165, 1.54) is 60.7 Å². The van der Waals surface area contributed by atoms with Gasteiger partial charge in [-0.2, -0.15) is 0 Å². The van der Waals surface area contributed by atoms with Crippen molar-refractivity contribution in [3.63, 3.8) is 0 Å². The number of hydrogen-bond acceptors (Lipinski definition) is 11. The Hall–Kier alpha value is -5.12. The van der Waals surface area contributed by atoms with E-state index in [9.17, 15) is 47.4 Å². The largest absolute Gasteiger partial charge is 0.573 e. The van der Waals surface area contributed by atoms with Crippen molar-refractivity contribution in [2.24, 2.45) is 0 Å². The van der Waals surface area contributed by atoms with Crippen LogP contribution in [-0.4, -0.2) is 101 Å². The van der Waals surface area contributed by atoms with Gasteiger partial charge < -0.3 is 29.3 Å². The van der Waals surface area contributed by atoms with Gasteiger partial charge in [-0.15, -0.1) is 13.2 Å². The maximum atomic E-state index is 12.2. The van der Waals surface area contributed by atoms with Crippen LogP contribution >= 0.6 is 0 Å². The lowest BCUT2D eigenvalue weighted by molar-refractivity contribution is -0.274. The number of likely N-dealkylation sites (N-methyl/N-ethyl adjacent to an activating group) is 1. The van der Waals surface area contributed by atoms with E-state index >= 15 is 0 Å². The van der Waals surface area contributed by atoms with Gasteiger partial charge in [-0.3, -0.25) is 9.69 Å². The van der Waals surface area contributed by atoms with E-state index in [2.05, 4.69) is 33.0 Å². The van der Waals surface area contributed by atoms with Gasteiger partial charge in [0.1, 0.15) is 5.75 Å². The number of aliphatic hydroxyl groups excluding tert-OH is 2. The minimum atomic E-state index is -4.67. The van der Waals surface area contributed by atoms with Crippen LogP contribution in [0.15, 0.2) is 84.9 Å². The Labute approximate surface area is 298 Å². The van der Waals surface area contributed by atoms with Crippen molar-refractivity contribution in [2.45, 2.75) is 64.1 Å². The van der Waals surface area contributed by atoms with Crippen molar-refractivity contribution >= 4 is 29.8 Å². The molecule has 1 unspecified atom stereocenters. The first-order chi connectivity index (χ1) is 24.7. The molecule has 1 aliphatic rings. The zero-order valence-corrected chi connectivity index (χ0v) is 28.7. The summed E-state index contributed by atoms with van der Waals surface area (Å²) in [6.45, 7) is 7.41. The van der Waals surface area contributed by atoms with E-state index in [1.54, 1.807) is 24.3 Å². The van der Waals surface area contributed by atoms with Crippen molar-refractivity contribution in [3.8, 4) is 5.75 Å². The molecule has 15 heteroatoms. The molecule has 52 heavy (non-hydrogen) atoms. The molecular formula is C37H41F3N2O10. The Balaban J connectivity index is 0.000000280. The fourth-order valence-electron chi connectivity index (χ4n) is 5.16. The number of nitrogens with zero attached hydrogens (tertiary/aromatic N) is 2. The number of ether oxygens (including phenoxy) is 3. The Bertz CT molecular complexity index is 1550. The lowest BCUT2D eigenvalue weighted by Crippen LogP contribution is -2.44. The number of alkyl halides is 3. The van der Waals surface area contributed by atoms with Gasteiger partial charge in [-0.1, -0.05) is 55.5 Å². The van der Waals surface area contributed by atoms with Crippen molar-refractivity contribution in [1.29, 1.82) is 0 Å². The number of carbonyl (C=O) groups excluding carboxylic acids is 5. The van der Waals surface area contributed by atoms with Gasteiger partial charge in [0, 0.05) is 32.1 Å². The smallest absolute Gasteiger partial charge is 0.406 e. The first kappa shape index (κ1) is 41.3. The van der Waals surface area contributed by atoms with E-state index in [-0.39, 0.29) is 28.8 Å². The van der Waals surface area contributed by atoms with Crippen LogP contribution in [0.2, 0.25) is 0 Å². The Morgan fingerprint density at radius 3 is 1.75 bits per heavy atom. The number of rotatable bonds is 13. The average molecular weight is 731 g/mol. The molecule has 4 rings (SSSR count). The van der Waals surface area contributed by atoms with Crippen molar-refractivity contribution < 1.29 is 61.6 Å². The highest BCUT2D eigenvalue weighted by molar-refractivity contribution is 6.01. The molecular weight excluding hydrogens is 689 g/mol. The molecule has 0 saturated carbocycles. The molecule has 3 aromatic rings. The van der Waals surface area contributed by atoms with Crippen LogP contribution in [0.4, 0.5) is 13.2 Å². The lowest BCUT2D eigenvalue weighted by atomic mass is 10.1. The van der Waals surface area contributed by atoms with Crippen LogP contribution in [0.3, 0.4) is 0 Å². The maximum absolute atomic E-state index is 12.2. The highest BCUT2D eigenvalue weighted by atomic mass is 19.4. The molecule has 3 aromatic carbocycles. The number of aliphatic hydroxyl groups is 2. The van der Waals surface area contributed by atoms with Crippen molar-refractivity contribution in [3.05, 3.63) is 102 Å². The molecule has 0 bridgehead atoms. The molecule has 2 N–H and O–H groups in total. The standard InChI is InChI=1S/C19H27F3N2O2.C18H14O8/c1-3-23(12-13-24-11-5-4-6-18(24)25)15(2)14-16-7-9-17(10-8-16)26-19(20,21)22;19-13(17(23)25-15(21)11-7-3-1-4-8-11)14(20)18(24)26-16(22)12-9-5-2-6-10-12/h7-10,15H,3-6,11-14H2,1-2H3;1-10,13-14,19-20H/t;13-,14-/m.1/s1. The normalized spacial score (nSPS) is 14.7. The molecule has 0 spiro atoms. The van der Waals surface area contributed by atoms with Gasteiger partial charge >= 0.3 is 30.2 Å². The van der Waals surface area contributed by atoms with Crippen LogP contribution < -0.4 is 4.74 Å². The summed E-state index contributed by atoms with van der Waals surface area (Å²) in [6.07, 6.45) is -6.05. The van der Waals surface area contributed by atoms with Gasteiger partial charge in [0.25, 0.3) is 0 Å². The number of amides is 1. The Morgan fingerprint density at radius 1 is 0.808 bits per heavy atom. The second kappa shape index (κ2) is 20.1. The highest BCUT2D eigenvalue weighted by Gasteiger charge is 2.36. The molecule has 0 radical (unpaired) electrons. The second-order valence-electron chi connectivity index (χ2n) is 11.8. The van der Waals surface area contributed by atoms with Crippen LogP contribution in [0, 0.1) is 0 Å². The summed E-state index contributed by atoms with van der Waals surface area (Å²) < 4.78 is 49.3. The molecule has 3 atom stereocenters. The molecule has 280 valence electrons. The number of benzene rings is 3. The molecule has 0 aliphatic carbocycles. The van der Waals surface area contributed by atoms with E-state index in [0.29, 0.717) is 6.42 Å². The summed E-state index contributed by atoms with van der Waals surface area (Å²) >= 11 is 0. The molecule has 1 saturated heterocycles. The zero-order valence-electron chi connectivity index (χ0n) is 28.7. The van der Waals surface area contributed by atoms with E-state index in [0.717, 1.165) is 51.0 Å². The number of piperidine rings is 1. The minimum Gasteiger partial charge on any atom is -0.406 e. The molecule has 1 fully saturated rings. The predicted octanol–water partition coefficient (Wildman–Crippen LogP) is 4.33. The topological polar surface area (TPSA) is 160 Å². The fraction of sp³-hybridized carbons (Fsp3) is 0.378. The second-order valence-corrected chi connectivity index (χ2v) is 11.8. The van der Waals surface area contributed by atoms with Crippen LogP contribution in [0.5, 0.6) is 5.75 Å². The molecule has 1 heterocycles. The Morgan fingerprint density at radius 2 is 1.31 bits per heavy atom. The van der Waals surface area contributed by atoms with Gasteiger partial charge in [0.15, 0.2) is 12.2 Å². The van der Waals surface area contributed by atoms with Gasteiger partial charge in [-0.05, 0) is 74.7 Å². The van der Waals surface area contributed by atoms with Crippen LogP contribution in [-0.2, 0) is 30.3 Å². The van der Waals surface area contributed by atoms with E-state index in [4.69, 9.17) is 0 Å². The number of halogens is 3. The first-order valence-corrected chi connectivity index (χ1v) is 16.5. The third kappa shape index (κ3) is 13.5. The summed E-state index contributed by atoms with van der Waals surface area (Å²) in [7, 11) is 0. The highest BCUT2D eigenvalue weighted by Crippen LogP contribution is 2.23. The van der Waals surface area contributed by atoms with Crippen molar-refractivity contribution in [2.75, 3.05) is 26.2 Å². The SMILES string of the molecule is CCN(CCN1CCCCC1=O)C(C)Cc1ccc(OC(F)(F)F)cc1.O=C(OC(=O)[C@H](O)[C@@H](O)C(=O)OC(=O)c1ccccc1)c1ccccc1. The number of carbonyl (C=O) groups is 5. The molecule has 1 aliphatic heterocycles. The summed E-state index contributed by atoms with van der Waals surface area (Å²) in [6, 6.07) is 21.1. The fourth-order valence-corrected chi connectivity index (χ4v) is 5.16. The average Bonchev–Trinajstić information content (AvgIpc) is 3.13. The van der Waals surface area contributed by atoms with Gasteiger partial charge in [0.2, 0.25) is 5.91 Å². The number of esters is 4. The quantitative estimate of drug-likeness (QED) is 0.191. The summed E-state index contributed by atoms with van der Waals surface area (Å²) in [4.78, 5) is 62.9. The first-order valence-electron chi connectivity index (χ1n) is 16.5. The van der Waals surface area contributed by atoms with Gasteiger partial charge in [-0.25, -0.2) is 19.2 Å². The number of likely N-dealkylation sites (tertiary alicyclic amines) is 1. The third-order valence-electron chi connectivity index (χ3n) is 7.98. The van der Waals surface area contributed by atoms with E-state index < -0.39 is 42.4 Å². The van der Waals surface area contributed by atoms with Gasteiger partial charge in [0.05, 0.1) is 11.1 Å². The summed E-state index contributed by atoms with van der Waals surface area (Å²) in [5, 5.41) is 19.3. The van der Waals surface area contributed by atoms with Crippen LogP contribution in [0.1, 0.15) is 59.4 Å². The maximum Gasteiger partial charge on any atom is 0.573 e. The summed E-state index contributed by atoms with van der Waals surface area (Å²) in [5.74, 6) is -5.23. The molecule has 0 aromatic heterocycles. The third-order valence-corrected chi connectivity index (χ3v) is 7.98. The van der Waals surface area contributed by atoms with E-state index in [1.807, 2.05) is 4.90 Å². The lowest BCUT2D eigenvalue weighted by Gasteiger charge is -2.32. The summed E-state index contributed by atoms with van der Waals surface area (Å²) in [5.41, 5.74) is 1.02. The monoisotopic (exact) mass is 730 g/mol. The predicted molar refractivity (Wildman–Crippen MR) is 180 cm³/mol. The molecule has 1 amide bonds. The Kier molecular flexibility index (Phi) is 15.9. The van der Waals surface area contributed by atoms with Crippen LogP contribution in [0.25, 0.3) is 0 Å². The zero-order chi connectivity index (χ0) is 38.3. The number of hydrogen-bond donors (Lipinski definition) is 2. The minimum absolute atomic E-state index is 0.0318.